The van der Waals surface area contributed by atoms with Gasteiger partial charge in [0.15, 0.2) is 11.9 Å². The van der Waals surface area contributed by atoms with Crippen LogP contribution in [0.4, 0.5) is 0 Å². The van der Waals surface area contributed by atoms with E-state index in [9.17, 15) is 9.59 Å². The highest BCUT2D eigenvalue weighted by atomic mass is 32.1. The fourth-order valence-electron chi connectivity index (χ4n) is 4.34. The molecule has 2 atom stereocenters. The highest BCUT2D eigenvalue weighted by Gasteiger charge is 2.25. The van der Waals surface area contributed by atoms with Crippen molar-refractivity contribution in [3.63, 3.8) is 0 Å². The van der Waals surface area contributed by atoms with E-state index in [0.29, 0.717) is 22.7 Å². The van der Waals surface area contributed by atoms with Crippen LogP contribution in [0, 0.1) is 5.92 Å². The standard InChI is InChI=1S/C23H23N3O3S/c1-12-8-9-15-18(10-12)30-22-19(15)21(27)24-20(25-22)13(2)29-23(28)16-11-26(3)17-7-5-4-6-14(16)17/h4-7,11-13H,8-10H2,1-3H3,(H,24,25,27)/t12-,13+/m1/s1. The van der Waals surface area contributed by atoms with Crippen LogP contribution < -0.4 is 5.56 Å². The number of carbonyl (C=O) groups excluding carboxylic acids is 1. The molecule has 0 aliphatic heterocycles. The Kier molecular flexibility index (Phi) is 4.50. The second-order valence-electron chi connectivity index (χ2n) is 8.20. The molecule has 1 aromatic carbocycles. The maximum Gasteiger partial charge on any atom is 0.341 e. The highest BCUT2D eigenvalue weighted by molar-refractivity contribution is 7.18. The summed E-state index contributed by atoms with van der Waals surface area (Å²) in [7, 11) is 1.90. The average molecular weight is 422 g/mol. The van der Waals surface area contributed by atoms with Crippen LogP contribution in [-0.2, 0) is 24.6 Å². The summed E-state index contributed by atoms with van der Waals surface area (Å²) in [4.78, 5) is 35.2. The third kappa shape index (κ3) is 3.04. The van der Waals surface area contributed by atoms with Crippen molar-refractivity contribution in [3.8, 4) is 0 Å². The quantitative estimate of drug-likeness (QED) is 0.494. The first kappa shape index (κ1) is 19.1. The van der Waals surface area contributed by atoms with Gasteiger partial charge in [0, 0.05) is 29.0 Å². The Bertz CT molecular complexity index is 1350. The largest absolute Gasteiger partial charge is 0.451 e. The maximum absolute atomic E-state index is 12.8. The summed E-state index contributed by atoms with van der Waals surface area (Å²) >= 11 is 1.59. The molecular formula is C23H23N3O3S. The van der Waals surface area contributed by atoms with Crippen LogP contribution in [0.5, 0.6) is 0 Å². The number of H-pyrrole nitrogens is 1. The number of aryl methyl sites for hydroxylation is 2. The number of ether oxygens (including phenoxy) is 1. The van der Waals surface area contributed by atoms with Gasteiger partial charge in [-0.1, -0.05) is 25.1 Å². The molecule has 0 saturated carbocycles. The summed E-state index contributed by atoms with van der Waals surface area (Å²) in [6, 6.07) is 7.70. The van der Waals surface area contributed by atoms with E-state index in [1.807, 2.05) is 35.9 Å². The molecule has 154 valence electrons. The summed E-state index contributed by atoms with van der Waals surface area (Å²) < 4.78 is 7.59. The molecule has 3 aromatic heterocycles. The smallest absolute Gasteiger partial charge is 0.341 e. The van der Waals surface area contributed by atoms with Crippen LogP contribution >= 0.6 is 11.3 Å². The molecule has 0 bridgehead atoms. The lowest BCUT2D eigenvalue weighted by molar-refractivity contribution is 0.0322. The lowest BCUT2D eigenvalue weighted by atomic mass is 9.89. The predicted octanol–water partition coefficient (Wildman–Crippen LogP) is 4.52. The van der Waals surface area contributed by atoms with Gasteiger partial charge in [-0.3, -0.25) is 4.79 Å². The number of hydrogen-bond acceptors (Lipinski definition) is 5. The van der Waals surface area contributed by atoms with E-state index >= 15 is 0 Å². The molecule has 1 N–H and O–H groups in total. The number of para-hydroxylation sites is 1. The van der Waals surface area contributed by atoms with Gasteiger partial charge in [-0.25, -0.2) is 9.78 Å². The van der Waals surface area contributed by atoms with E-state index in [1.165, 1.54) is 4.88 Å². The van der Waals surface area contributed by atoms with Crippen molar-refractivity contribution >= 4 is 38.4 Å². The van der Waals surface area contributed by atoms with Gasteiger partial charge in [0.2, 0.25) is 0 Å². The third-order valence-electron chi connectivity index (χ3n) is 5.97. The molecule has 5 rings (SSSR count). The molecule has 0 amide bonds. The minimum atomic E-state index is -0.661. The topological polar surface area (TPSA) is 77.0 Å². The molecule has 3 heterocycles. The zero-order chi connectivity index (χ0) is 21.0. The maximum atomic E-state index is 12.8. The Morgan fingerprint density at radius 1 is 1.37 bits per heavy atom. The van der Waals surface area contributed by atoms with E-state index < -0.39 is 12.1 Å². The van der Waals surface area contributed by atoms with Crippen molar-refractivity contribution in [1.29, 1.82) is 0 Å². The fraction of sp³-hybridized carbons (Fsp3) is 0.348. The van der Waals surface area contributed by atoms with Crippen molar-refractivity contribution < 1.29 is 9.53 Å². The SMILES string of the molecule is C[C@@H]1CCc2c(sc3nc([C@H](C)OC(=O)c4cn(C)c5ccccc45)[nH]c(=O)c23)C1. The first-order chi connectivity index (χ1) is 14.4. The number of carbonyl (C=O) groups is 1. The van der Waals surface area contributed by atoms with E-state index in [2.05, 4.69) is 16.9 Å². The van der Waals surface area contributed by atoms with Crippen molar-refractivity contribution in [2.45, 2.75) is 39.2 Å². The summed E-state index contributed by atoms with van der Waals surface area (Å²) in [5.74, 6) is 0.582. The predicted molar refractivity (Wildman–Crippen MR) is 118 cm³/mol. The van der Waals surface area contributed by atoms with E-state index in [-0.39, 0.29) is 5.56 Å². The van der Waals surface area contributed by atoms with Crippen molar-refractivity contribution in [1.82, 2.24) is 14.5 Å². The molecule has 0 unspecified atom stereocenters. The van der Waals surface area contributed by atoms with Gasteiger partial charge in [0.05, 0.1) is 10.9 Å². The molecule has 0 spiro atoms. The van der Waals surface area contributed by atoms with Crippen molar-refractivity contribution in [2.24, 2.45) is 13.0 Å². The van der Waals surface area contributed by atoms with Gasteiger partial charge in [0.25, 0.3) is 5.56 Å². The number of nitrogens with one attached hydrogen (secondary N) is 1. The normalized spacial score (nSPS) is 17.2. The molecule has 4 aromatic rings. The molecule has 0 radical (unpaired) electrons. The van der Waals surface area contributed by atoms with Gasteiger partial charge in [0.1, 0.15) is 4.83 Å². The van der Waals surface area contributed by atoms with Crippen LogP contribution in [0.25, 0.3) is 21.1 Å². The lowest BCUT2D eigenvalue weighted by Crippen LogP contribution is -2.18. The molecule has 7 heteroatoms. The molecular weight excluding hydrogens is 398 g/mol. The Balaban J connectivity index is 1.47. The van der Waals surface area contributed by atoms with Gasteiger partial charge >= 0.3 is 5.97 Å². The summed E-state index contributed by atoms with van der Waals surface area (Å²) in [5, 5.41) is 1.55. The zero-order valence-electron chi connectivity index (χ0n) is 17.2. The van der Waals surface area contributed by atoms with Gasteiger partial charge in [-0.2, -0.15) is 0 Å². The minimum Gasteiger partial charge on any atom is -0.451 e. The fourth-order valence-corrected chi connectivity index (χ4v) is 5.73. The molecule has 1 aliphatic rings. The Labute approximate surface area is 177 Å². The van der Waals surface area contributed by atoms with Gasteiger partial charge in [-0.05, 0) is 43.7 Å². The first-order valence-electron chi connectivity index (χ1n) is 10.2. The Morgan fingerprint density at radius 3 is 3.00 bits per heavy atom. The minimum absolute atomic E-state index is 0.143. The number of aromatic nitrogens is 3. The van der Waals surface area contributed by atoms with Crippen molar-refractivity contribution in [3.05, 3.63) is 62.6 Å². The number of nitrogens with zero attached hydrogens (tertiary/aromatic N) is 2. The second-order valence-corrected chi connectivity index (χ2v) is 9.29. The van der Waals surface area contributed by atoms with Crippen molar-refractivity contribution in [2.75, 3.05) is 0 Å². The van der Waals surface area contributed by atoms with E-state index in [0.717, 1.165) is 40.6 Å². The number of fused-ring (bicyclic) bond motifs is 4. The first-order valence-corrected chi connectivity index (χ1v) is 11.0. The molecule has 0 saturated heterocycles. The molecule has 30 heavy (non-hydrogen) atoms. The summed E-state index contributed by atoms with van der Waals surface area (Å²) in [6.45, 7) is 3.98. The zero-order valence-corrected chi connectivity index (χ0v) is 18.0. The summed E-state index contributed by atoms with van der Waals surface area (Å²) in [5.41, 5.74) is 2.47. The number of benzene rings is 1. The monoisotopic (exact) mass is 421 g/mol. The average Bonchev–Trinajstić information content (AvgIpc) is 3.25. The van der Waals surface area contributed by atoms with Gasteiger partial charge in [-0.15, -0.1) is 11.3 Å². The van der Waals surface area contributed by atoms with E-state index in [4.69, 9.17) is 4.74 Å². The number of thiophene rings is 1. The number of aromatic amines is 1. The van der Waals surface area contributed by atoms with Crippen LogP contribution in [-0.4, -0.2) is 20.5 Å². The molecule has 6 nitrogen and oxygen atoms in total. The Morgan fingerprint density at radius 2 is 2.17 bits per heavy atom. The van der Waals surface area contributed by atoms with Crippen LogP contribution in [0.15, 0.2) is 35.3 Å². The second kappa shape index (κ2) is 7.09. The van der Waals surface area contributed by atoms with Gasteiger partial charge < -0.3 is 14.3 Å². The number of esters is 1. The van der Waals surface area contributed by atoms with Crippen LogP contribution in [0.2, 0.25) is 0 Å². The molecule has 1 aliphatic carbocycles. The number of hydrogen-bond donors (Lipinski definition) is 1. The lowest BCUT2D eigenvalue weighted by Gasteiger charge is -2.17. The number of rotatable bonds is 3. The third-order valence-corrected chi connectivity index (χ3v) is 7.12. The van der Waals surface area contributed by atoms with Crippen LogP contribution in [0.1, 0.15) is 53.0 Å². The Hall–Kier alpha value is -2.93. The summed E-state index contributed by atoms with van der Waals surface area (Å²) in [6.07, 6.45) is 4.13. The van der Waals surface area contributed by atoms with E-state index in [1.54, 1.807) is 24.5 Å². The molecule has 0 fully saturated rings. The van der Waals surface area contributed by atoms with Crippen LogP contribution in [0.3, 0.4) is 0 Å². The highest BCUT2D eigenvalue weighted by Crippen LogP contribution is 2.36.